The van der Waals surface area contributed by atoms with E-state index in [0.717, 1.165) is 0 Å². The molecule has 0 aliphatic carbocycles. The second-order valence-electron chi connectivity index (χ2n) is 0.748. The Balaban J connectivity index is 3.41. The topological polar surface area (TPSA) is 17.1 Å². The standard InChI is InChI=1S/C3HOS2/c4-3-1-2-5-6-3/h1H. The van der Waals surface area contributed by atoms with E-state index in [4.69, 9.17) is 0 Å². The molecular formula is C3HOS2. The van der Waals surface area contributed by atoms with Crippen LogP contribution in [0, 0.1) is 5.38 Å². The molecule has 0 spiro atoms. The summed E-state index contributed by atoms with van der Waals surface area (Å²) in [6.07, 6.45) is 0. The molecule has 0 fully saturated rings. The van der Waals surface area contributed by atoms with Gasteiger partial charge in [0.25, 0.3) is 0 Å². The maximum atomic E-state index is 10.1. The van der Waals surface area contributed by atoms with Crippen LogP contribution in [0.2, 0.25) is 0 Å². The highest BCUT2D eigenvalue weighted by atomic mass is 32.9. The van der Waals surface area contributed by atoms with Gasteiger partial charge in [0.15, 0.2) is 0 Å². The third-order valence-corrected chi connectivity index (χ3v) is 1.96. The van der Waals surface area contributed by atoms with E-state index in [1.54, 1.807) is 0 Å². The molecule has 6 heavy (non-hydrogen) atoms. The Morgan fingerprint density at radius 1 is 1.83 bits per heavy atom. The second-order valence-corrected chi connectivity index (χ2v) is 2.72. The fourth-order valence-electron chi connectivity index (χ4n) is 0.161. The lowest BCUT2D eigenvalue weighted by molar-refractivity contribution is 1.89. The van der Waals surface area contributed by atoms with Crippen molar-refractivity contribution in [3.63, 3.8) is 0 Å². The minimum Gasteiger partial charge on any atom is -0.277 e. The van der Waals surface area contributed by atoms with E-state index in [1.807, 2.05) is 0 Å². The summed E-state index contributed by atoms with van der Waals surface area (Å²) in [5.41, 5.74) is 0. The molecule has 1 heterocycles. The Kier molecular flexibility index (Phi) is 1.03. The first-order valence-corrected chi connectivity index (χ1v) is 3.51. The van der Waals surface area contributed by atoms with Gasteiger partial charge < -0.3 is 0 Å². The Bertz CT molecular complexity index is 147. The van der Waals surface area contributed by atoms with Crippen LogP contribution < -0.4 is 4.74 Å². The summed E-state index contributed by atoms with van der Waals surface area (Å²) in [6.45, 7) is 0. The Labute approximate surface area is 42.3 Å². The first-order valence-electron chi connectivity index (χ1n) is 1.36. The molecule has 1 nitrogen and oxygen atoms in total. The molecule has 1 aromatic heterocycles. The van der Waals surface area contributed by atoms with Gasteiger partial charge in [-0.15, -0.1) is 0 Å². The summed E-state index contributed by atoms with van der Waals surface area (Å²) >= 11 is 0. The predicted molar refractivity (Wildman–Crippen MR) is 27.3 cm³/mol. The second kappa shape index (κ2) is 1.53. The van der Waals surface area contributed by atoms with Crippen molar-refractivity contribution in [2.75, 3.05) is 0 Å². The van der Waals surface area contributed by atoms with Crippen LogP contribution in [-0.4, -0.2) is 0 Å². The molecule has 0 atom stereocenters. The summed E-state index contributed by atoms with van der Waals surface area (Å²) in [7, 11) is 2.55. The van der Waals surface area contributed by atoms with Crippen LogP contribution in [0.15, 0.2) is 10.9 Å². The van der Waals surface area contributed by atoms with E-state index in [1.165, 1.54) is 26.7 Å². The average Bonchev–Trinajstić information content (AvgIpc) is 1.86. The van der Waals surface area contributed by atoms with Gasteiger partial charge in [-0.05, 0) is 10.3 Å². The SMILES string of the molecule is O=c1c[c]ss1. The summed E-state index contributed by atoms with van der Waals surface area (Å²) in [4.78, 5) is 10.1. The Morgan fingerprint density at radius 3 is 2.83 bits per heavy atom. The van der Waals surface area contributed by atoms with Crippen molar-refractivity contribution in [2.24, 2.45) is 0 Å². The summed E-state index contributed by atoms with van der Waals surface area (Å²) < 4.78 is 0.0972. The zero-order valence-corrected chi connectivity index (χ0v) is 4.44. The van der Waals surface area contributed by atoms with E-state index >= 15 is 0 Å². The third-order valence-electron chi connectivity index (χ3n) is 0.349. The molecule has 0 saturated carbocycles. The molecule has 0 bridgehead atoms. The lowest BCUT2D eigenvalue weighted by atomic mass is 10.8. The van der Waals surface area contributed by atoms with Gasteiger partial charge in [0.2, 0.25) is 4.74 Å². The molecule has 3 heteroatoms. The van der Waals surface area contributed by atoms with Crippen molar-refractivity contribution in [1.82, 2.24) is 0 Å². The van der Waals surface area contributed by atoms with Crippen LogP contribution in [0.3, 0.4) is 0 Å². The molecule has 1 aromatic rings. The van der Waals surface area contributed by atoms with Gasteiger partial charge in [0.05, 0.1) is 5.38 Å². The maximum absolute atomic E-state index is 10.1. The maximum Gasteiger partial charge on any atom is 0.243 e. The quantitative estimate of drug-likeness (QED) is 0.463. The molecule has 1 rings (SSSR count). The molecule has 0 N–H and O–H groups in total. The summed E-state index contributed by atoms with van der Waals surface area (Å²) in [5, 5.41) is 2.68. The van der Waals surface area contributed by atoms with Crippen LogP contribution >= 0.6 is 20.7 Å². The minimum absolute atomic E-state index is 0.0972. The lowest BCUT2D eigenvalue weighted by Crippen LogP contribution is -1.78. The number of hydrogen-bond acceptors (Lipinski definition) is 3. The Morgan fingerprint density at radius 2 is 2.67 bits per heavy atom. The van der Waals surface area contributed by atoms with E-state index in [9.17, 15) is 4.79 Å². The summed E-state index contributed by atoms with van der Waals surface area (Å²) in [6, 6.07) is 1.44. The summed E-state index contributed by atoms with van der Waals surface area (Å²) in [5.74, 6) is 0. The number of rotatable bonds is 0. The van der Waals surface area contributed by atoms with E-state index < -0.39 is 0 Å². The van der Waals surface area contributed by atoms with Crippen molar-refractivity contribution in [3.05, 3.63) is 21.0 Å². The van der Waals surface area contributed by atoms with Gasteiger partial charge in [-0.2, -0.15) is 0 Å². The smallest absolute Gasteiger partial charge is 0.243 e. The Hall–Kier alpha value is -0.150. The lowest BCUT2D eigenvalue weighted by Gasteiger charge is -1.42. The van der Waals surface area contributed by atoms with Crippen molar-refractivity contribution < 1.29 is 0 Å². The molecule has 31 valence electrons. The molecule has 0 saturated heterocycles. The van der Waals surface area contributed by atoms with Gasteiger partial charge in [-0.3, -0.25) is 4.79 Å². The highest BCUT2D eigenvalue weighted by molar-refractivity contribution is 7.67. The average molecular weight is 117 g/mol. The van der Waals surface area contributed by atoms with Gasteiger partial charge >= 0.3 is 0 Å². The monoisotopic (exact) mass is 117 g/mol. The molecule has 0 aliphatic rings. The molecule has 0 unspecified atom stereocenters. The van der Waals surface area contributed by atoms with Crippen LogP contribution in [0.25, 0.3) is 0 Å². The minimum atomic E-state index is 0.0972. The predicted octanol–water partition coefficient (Wildman–Crippen LogP) is 0.970. The van der Waals surface area contributed by atoms with Gasteiger partial charge in [0, 0.05) is 6.07 Å². The highest BCUT2D eigenvalue weighted by Gasteiger charge is 1.76. The highest BCUT2D eigenvalue weighted by Crippen LogP contribution is 1.93. The van der Waals surface area contributed by atoms with Crippen molar-refractivity contribution in [2.45, 2.75) is 0 Å². The largest absolute Gasteiger partial charge is 0.277 e. The number of hydrogen-bond donors (Lipinski definition) is 0. The normalized spacial score (nSPS) is 8.67. The first kappa shape index (κ1) is 4.02. The van der Waals surface area contributed by atoms with E-state index in [2.05, 4.69) is 5.38 Å². The van der Waals surface area contributed by atoms with Gasteiger partial charge in [0.1, 0.15) is 0 Å². The fourth-order valence-corrected chi connectivity index (χ4v) is 1.31. The van der Waals surface area contributed by atoms with Crippen LogP contribution in [0.4, 0.5) is 0 Å². The van der Waals surface area contributed by atoms with E-state index in [-0.39, 0.29) is 4.74 Å². The van der Waals surface area contributed by atoms with Gasteiger partial charge in [-0.25, -0.2) is 0 Å². The molecule has 1 radical (unpaired) electrons. The van der Waals surface area contributed by atoms with Crippen LogP contribution in [-0.2, 0) is 0 Å². The van der Waals surface area contributed by atoms with Crippen molar-refractivity contribution in [3.8, 4) is 0 Å². The van der Waals surface area contributed by atoms with E-state index in [0.29, 0.717) is 0 Å². The van der Waals surface area contributed by atoms with Crippen molar-refractivity contribution in [1.29, 1.82) is 0 Å². The third kappa shape index (κ3) is 0.666. The molecular weight excluding hydrogens is 116 g/mol. The van der Waals surface area contributed by atoms with Crippen LogP contribution in [0.1, 0.15) is 0 Å². The van der Waals surface area contributed by atoms with Crippen LogP contribution in [0.5, 0.6) is 0 Å². The zero-order chi connectivity index (χ0) is 4.41. The molecule has 0 amide bonds. The fraction of sp³-hybridized carbons (Fsp3) is 0. The zero-order valence-electron chi connectivity index (χ0n) is 2.80. The molecule has 0 aliphatic heterocycles. The molecule has 0 aromatic carbocycles. The van der Waals surface area contributed by atoms with Crippen molar-refractivity contribution >= 4 is 20.7 Å². The first-order chi connectivity index (χ1) is 2.89. The van der Waals surface area contributed by atoms with Gasteiger partial charge in [-0.1, -0.05) is 10.3 Å².